The van der Waals surface area contributed by atoms with Gasteiger partial charge in [0.05, 0.1) is 10.7 Å². The minimum Gasteiger partial charge on any atom is -0.277 e. The summed E-state index contributed by atoms with van der Waals surface area (Å²) in [6.45, 7) is 1.90. The Hall–Kier alpha value is -1.90. The molecule has 3 rings (SSSR count). The van der Waals surface area contributed by atoms with Gasteiger partial charge in [-0.1, -0.05) is 59.9 Å². The largest absolute Gasteiger partial charge is 0.285 e. The molecular formula is C16H13N3O2S3. The van der Waals surface area contributed by atoms with Crippen molar-refractivity contribution in [3.05, 3.63) is 52.4 Å². The first-order chi connectivity index (χ1) is 11.5. The Morgan fingerprint density at radius 2 is 1.96 bits per heavy atom. The number of nitrogens with zero attached hydrogens (tertiary/aromatic N) is 2. The minimum absolute atomic E-state index is 0.0223. The molecule has 0 unspecified atom stereocenters. The number of rotatable bonds is 3. The Morgan fingerprint density at radius 3 is 2.58 bits per heavy atom. The third-order valence-corrected chi connectivity index (χ3v) is 5.41. The van der Waals surface area contributed by atoms with Crippen LogP contribution in [0.4, 0.5) is 0 Å². The maximum Gasteiger partial charge on any atom is 0.285 e. The summed E-state index contributed by atoms with van der Waals surface area (Å²) in [5.41, 5.74) is 1.94. The Bertz CT molecular complexity index is 786. The number of thioether (sulfide) groups is 2. The van der Waals surface area contributed by atoms with Crippen LogP contribution in [-0.4, -0.2) is 37.1 Å². The Kier molecular flexibility index (Phi) is 4.88. The molecule has 2 amide bonds. The van der Waals surface area contributed by atoms with Crippen molar-refractivity contribution >= 4 is 63.1 Å². The van der Waals surface area contributed by atoms with Crippen molar-refractivity contribution < 1.29 is 9.59 Å². The van der Waals surface area contributed by atoms with E-state index in [4.69, 9.17) is 17.6 Å². The van der Waals surface area contributed by atoms with E-state index in [9.17, 15) is 9.59 Å². The number of hydrazine groups is 1. The predicted octanol–water partition coefficient (Wildman–Crippen LogP) is 3.26. The van der Waals surface area contributed by atoms with E-state index in [2.05, 4.69) is 0 Å². The molecule has 0 bridgehead atoms. The zero-order chi connectivity index (χ0) is 17.3. The maximum absolute atomic E-state index is 12.6. The number of carbonyl (C=O) groups excluding carboxylic acids is 2. The summed E-state index contributed by atoms with van der Waals surface area (Å²) in [7, 11) is 0. The van der Waals surface area contributed by atoms with E-state index in [0.717, 1.165) is 44.7 Å². The quantitative estimate of drug-likeness (QED) is 0.649. The SMILES string of the molecule is CC(/C=C1\SC(=S)N(N2C(=N)SCC2=O)C1=O)=C\c1ccccc1. The van der Waals surface area contributed by atoms with Gasteiger partial charge in [0.15, 0.2) is 9.49 Å². The number of nitrogens with one attached hydrogen (secondary N) is 1. The maximum atomic E-state index is 12.6. The van der Waals surface area contributed by atoms with Gasteiger partial charge in [-0.15, -0.1) is 0 Å². The number of allylic oxidation sites excluding steroid dienone is 2. The number of carbonyl (C=O) groups is 2. The lowest BCUT2D eigenvalue weighted by Gasteiger charge is -2.24. The molecular weight excluding hydrogens is 362 g/mol. The molecule has 1 aromatic rings. The van der Waals surface area contributed by atoms with E-state index in [1.807, 2.05) is 43.3 Å². The van der Waals surface area contributed by atoms with Gasteiger partial charge in [-0.2, -0.15) is 10.0 Å². The molecule has 1 aromatic carbocycles. The second-order valence-corrected chi connectivity index (χ2v) is 7.73. The molecule has 0 radical (unpaired) electrons. The van der Waals surface area contributed by atoms with Crippen LogP contribution in [0.25, 0.3) is 6.08 Å². The van der Waals surface area contributed by atoms with Crippen LogP contribution in [0.3, 0.4) is 0 Å². The fourth-order valence-corrected chi connectivity index (χ4v) is 4.24. The Balaban J connectivity index is 1.85. The van der Waals surface area contributed by atoms with Crippen LogP contribution in [0.1, 0.15) is 12.5 Å². The van der Waals surface area contributed by atoms with Crippen molar-refractivity contribution in [2.24, 2.45) is 0 Å². The zero-order valence-electron chi connectivity index (χ0n) is 12.7. The van der Waals surface area contributed by atoms with Gasteiger partial charge < -0.3 is 0 Å². The van der Waals surface area contributed by atoms with E-state index in [-0.39, 0.29) is 27.1 Å². The van der Waals surface area contributed by atoms with Crippen LogP contribution in [0, 0.1) is 5.41 Å². The molecule has 8 heteroatoms. The molecule has 0 spiro atoms. The van der Waals surface area contributed by atoms with Crippen molar-refractivity contribution in [2.45, 2.75) is 6.92 Å². The first-order valence-corrected chi connectivity index (χ1v) is 9.24. The van der Waals surface area contributed by atoms with Gasteiger partial charge >= 0.3 is 0 Å². The lowest BCUT2D eigenvalue weighted by Crippen LogP contribution is -2.48. The molecule has 2 aliphatic heterocycles. The molecule has 122 valence electrons. The number of benzene rings is 1. The standard InChI is InChI=1S/C16H13N3O2S3/c1-10(7-11-5-3-2-4-6-11)8-12-14(21)19(16(22)24-12)18-13(20)9-23-15(18)17/h2-8,17H,9H2,1H3/b10-7+,12-8-,17-15?. The number of hydrogen-bond acceptors (Lipinski definition) is 6. The van der Waals surface area contributed by atoms with Gasteiger partial charge in [0.25, 0.3) is 11.8 Å². The number of thiocarbonyl (C=S) groups is 1. The van der Waals surface area contributed by atoms with Gasteiger partial charge in [-0.05, 0) is 36.4 Å². The van der Waals surface area contributed by atoms with Crippen molar-refractivity contribution in [3.63, 3.8) is 0 Å². The highest BCUT2D eigenvalue weighted by Crippen LogP contribution is 2.35. The van der Waals surface area contributed by atoms with Crippen LogP contribution >= 0.6 is 35.7 Å². The molecule has 24 heavy (non-hydrogen) atoms. The second kappa shape index (κ2) is 6.92. The first-order valence-electron chi connectivity index (χ1n) is 7.03. The molecule has 1 N–H and O–H groups in total. The van der Waals surface area contributed by atoms with Crippen LogP contribution < -0.4 is 0 Å². The van der Waals surface area contributed by atoms with Crippen LogP contribution in [-0.2, 0) is 9.59 Å². The highest BCUT2D eigenvalue weighted by Gasteiger charge is 2.43. The summed E-state index contributed by atoms with van der Waals surface area (Å²) in [4.78, 5) is 25.0. The Morgan fingerprint density at radius 1 is 1.25 bits per heavy atom. The summed E-state index contributed by atoms with van der Waals surface area (Å²) in [5.74, 6) is -0.521. The third-order valence-electron chi connectivity index (χ3n) is 3.29. The van der Waals surface area contributed by atoms with Gasteiger partial charge in [0, 0.05) is 0 Å². The molecule has 0 aliphatic carbocycles. The van der Waals surface area contributed by atoms with Gasteiger partial charge in [0.1, 0.15) is 0 Å². The van der Waals surface area contributed by atoms with Crippen LogP contribution in [0.15, 0.2) is 46.9 Å². The fourth-order valence-electron chi connectivity index (χ4n) is 2.26. The van der Waals surface area contributed by atoms with Crippen molar-refractivity contribution in [1.29, 1.82) is 5.41 Å². The predicted molar refractivity (Wildman–Crippen MR) is 102 cm³/mol. The molecule has 2 heterocycles. The molecule has 2 aliphatic rings. The van der Waals surface area contributed by atoms with E-state index in [1.54, 1.807) is 6.08 Å². The average Bonchev–Trinajstić information content (AvgIpc) is 3.00. The lowest BCUT2D eigenvalue weighted by atomic mass is 10.1. The zero-order valence-corrected chi connectivity index (χ0v) is 15.1. The summed E-state index contributed by atoms with van der Waals surface area (Å²) < 4.78 is 0.263. The highest BCUT2D eigenvalue weighted by molar-refractivity contribution is 8.26. The third kappa shape index (κ3) is 3.31. The molecule has 0 saturated carbocycles. The Labute approximate surface area is 153 Å². The molecule has 0 aromatic heterocycles. The summed E-state index contributed by atoms with van der Waals surface area (Å²) in [6.07, 6.45) is 3.72. The number of amidine groups is 1. The molecule has 2 saturated heterocycles. The van der Waals surface area contributed by atoms with Crippen LogP contribution in [0.2, 0.25) is 0 Å². The highest BCUT2D eigenvalue weighted by atomic mass is 32.2. The van der Waals surface area contributed by atoms with Gasteiger partial charge in [0.2, 0.25) is 0 Å². The summed E-state index contributed by atoms with van der Waals surface area (Å²) in [6, 6.07) is 9.79. The van der Waals surface area contributed by atoms with Crippen molar-refractivity contribution in [2.75, 3.05) is 5.75 Å². The van der Waals surface area contributed by atoms with E-state index in [0.29, 0.717) is 4.91 Å². The summed E-state index contributed by atoms with van der Waals surface area (Å²) >= 11 is 7.45. The van der Waals surface area contributed by atoms with Crippen molar-refractivity contribution in [1.82, 2.24) is 10.0 Å². The van der Waals surface area contributed by atoms with E-state index < -0.39 is 0 Å². The molecule has 5 nitrogen and oxygen atoms in total. The average molecular weight is 376 g/mol. The second-order valence-electron chi connectivity index (χ2n) is 5.09. The number of hydrogen-bond donors (Lipinski definition) is 1. The van der Waals surface area contributed by atoms with Gasteiger partial charge in [-0.25, -0.2) is 0 Å². The minimum atomic E-state index is -0.369. The molecule has 0 atom stereocenters. The fraction of sp³-hybridized carbons (Fsp3) is 0.125. The molecule has 2 fully saturated rings. The van der Waals surface area contributed by atoms with E-state index >= 15 is 0 Å². The topological polar surface area (TPSA) is 64.5 Å². The van der Waals surface area contributed by atoms with Gasteiger partial charge in [-0.3, -0.25) is 15.0 Å². The van der Waals surface area contributed by atoms with E-state index in [1.165, 1.54) is 0 Å². The smallest absolute Gasteiger partial charge is 0.277 e. The summed E-state index contributed by atoms with van der Waals surface area (Å²) in [5, 5.41) is 10.0. The number of amides is 2. The van der Waals surface area contributed by atoms with Crippen LogP contribution in [0.5, 0.6) is 0 Å². The first kappa shape index (κ1) is 16.9. The normalized spacial score (nSPS) is 20.7. The van der Waals surface area contributed by atoms with Crippen molar-refractivity contribution in [3.8, 4) is 0 Å². The monoisotopic (exact) mass is 375 g/mol. The lowest BCUT2D eigenvalue weighted by molar-refractivity contribution is -0.141.